The number of hydrogen-bond acceptors (Lipinski definition) is 3. The van der Waals surface area contributed by atoms with Crippen LogP contribution in [0.3, 0.4) is 0 Å². The summed E-state index contributed by atoms with van der Waals surface area (Å²) >= 11 is 0. The lowest BCUT2D eigenvalue weighted by Gasteiger charge is -2.57. The fraction of sp³-hybridized carbons (Fsp3) is 0.760. The molecule has 1 saturated heterocycles. The van der Waals surface area contributed by atoms with Crippen LogP contribution >= 0.6 is 0 Å². The molecule has 1 heterocycles. The Bertz CT molecular complexity index is 861. The molecule has 5 aliphatic carbocycles. The van der Waals surface area contributed by atoms with Crippen molar-refractivity contribution in [3.8, 4) is 0 Å². The second-order valence-corrected chi connectivity index (χ2v) is 11.4. The monoisotopic (exact) mass is 380 g/mol. The van der Waals surface area contributed by atoms with Gasteiger partial charge in [0.05, 0.1) is 0 Å². The first kappa shape index (κ1) is 17.5. The largest absolute Gasteiger partial charge is 0.458 e. The number of allylic oxidation sites excluding steroid dienone is 4. The number of fused-ring (bicyclic) bond motifs is 7. The third kappa shape index (κ3) is 1.87. The zero-order chi connectivity index (χ0) is 19.5. The van der Waals surface area contributed by atoms with Crippen LogP contribution in [0.5, 0.6) is 0 Å². The number of carbonyl (C=O) groups is 2. The molecule has 3 nitrogen and oxygen atoms in total. The second-order valence-electron chi connectivity index (χ2n) is 11.4. The minimum atomic E-state index is -0.244. The van der Waals surface area contributed by atoms with E-state index in [0.29, 0.717) is 36.4 Å². The van der Waals surface area contributed by atoms with Crippen molar-refractivity contribution >= 4 is 11.8 Å². The van der Waals surface area contributed by atoms with Crippen LogP contribution in [0.25, 0.3) is 0 Å². The predicted octanol–water partition coefficient (Wildman–Crippen LogP) is 5.15. The minimum Gasteiger partial charge on any atom is -0.458 e. The van der Waals surface area contributed by atoms with Crippen molar-refractivity contribution in [1.82, 2.24) is 0 Å². The van der Waals surface area contributed by atoms with Gasteiger partial charge in [-0.25, -0.2) is 0 Å². The van der Waals surface area contributed by atoms with E-state index in [1.807, 2.05) is 6.08 Å². The molecule has 2 spiro atoms. The van der Waals surface area contributed by atoms with Gasteiger partial charge in [-0.1, -0.05) is 38.0 Å². The molecule has 3 unspecified atom stereocenters. The van der Waals surface area contributed by atoms with Crippen LogP contribution in [0.4, 0.5) is 0 Å². The van der Waals surface area contributed by atoms with Gasteiger partial charge in [0.1, 0.15) is 5.60 Å². The van der Waals surface area contributed by atoms with Gasteiger partial charge in [-0.2, -0.15) is 0 Å². The van der Waals surface area contributed by atoms with Crippen molar-refractivity contribution in [2.75, 3.05) is 0 Å². The van der Waals surface area contributed by atoms with Crippen molar-refractivity contribution in [3.63, 3.8) is 0 Å². The van der Waals surface area contributed by atoms with Crippen LogP contribution in [0, 0.1) is 34.0 Å². The Morgan fingerprint density at radius 2 is 1.82 bits per heavy atom. The molecule has 1 aliphatic heterocycles. The van der Waals surface area contributed by atoms with Gasteiger partial charge in [-0.05, 0) is 74.2 Å². The first-order valence-corrected chi connectivity index (χ1v) is 11.4. The van der Waals surface area contributed by atoms with E-state index in [0.717, 1.165) is 25.7 Å². The molecule has 4 fully saturated rings. The van der Waals surface area contributed by atoms with Crippen molar-refractivity contribution in [2.24, 2.45) is 34.0 Å². The number of esters is 1. The SMILES string of the molecule is CC1C[C@@]2(CCC(=O)O2)[C@@]2(C)CC=C3C(CC4(CC4)C4=CC(=O)CC[C@]34C)C12. The van der Waals surface area contributed by atoms with Crippen LogP contribution in [0.15, 0.2) is 23.3 Å². The maximum Gasteiger partial charge on any atom is 0.306 e. The highest BCUT2D eigenvalue weighted by Crippen LogP contribution is 2.75. The fourth-order valence-electron chi connectivity index (χ4n) is 8.78. The van der Waals surface area contributed by atoms with Gasteiger partial charge < -0.3 is 4.74 Å². The van der Waals surface area contributed by atoms with Gasteiger partial charge in [0.2, 0.25) is 0 Å². The summed E-state index contributed by atoms with van der Waals surface area (Å²) < 4.78 is 6.12. The van der Waals surface area contributed by atoms with Gasteiger partial charge in [-0.3, -0.25) is 9.59 Å². The van der Waals surface area contributed by atoms with E-state index in [4.69, 9.17) is 4.74 Å². The molecule has 6 aliphatic rings. The maximum atomic E-state index is 12.3. The molecular formula is C25H32O3. The van der Waals surface area contributed by atoms with E-state index in [9.17, 15) is 9.59 Å². The molecular weight excluding hydrogens is 348 g/mol. The molecule has 3 heteroatoms. The Morgan fingerprint density at radius 3 is 2.50 bits per heavy atom. The van der Waals surface area contributed by atoms with E-state index in [1.54, 1.807) is 5.57 Å². The quantitative estimate of drug-likeness (QED) is 0.431. The highest BCUT2D eigenvalue weighted by atomic mass is 16.6. The molecule has 150 valence electrons. The van der Waals surface area contributed by atoms with E-state index < -0.39 is 0 Å². The van der Waals surface area contributed by atoms with Gasteiger partial charge >= 0.3 is 5.97 Å². The van der Waals surface area contributed by atoms with Crippen molar-refractivity contribution in [2.45, 2.75) is 84.2 Å². The molecule has 0 N–H and O–H groups in total. The van der Waals surface area contributed by atoms with Gasteiger partial charge in [-0.15, -0.1) is 0 Å². The molecule has 0 aromatic heterocycles. The Hall–Kier alpha value is -1.38. The standard InChI is InChI=1S/C25H32O3/c1-15-13-25(9-6-20(27)28-25)23(3)8-5-18-17(21(15)23)14-24(10-11-24)19-12-16(26)4-7-22(18,19)2/h5,12,15,17,21H,4,6-11,13-14H2,1-3H3/t15?,17?,21?,22-,23+,25+/m1/s1. The minimum absolute atomic E-state index is 0.00846. The van der Waals surface area contributed by atoms with Gasteiger partial charge in [0.25, 0.3) is 0 Å². The second kappa shape index (κ2) is 5.02. The Morgan fingerprint density at radius 1 is 1.04 bits per heavy atom. The predicted molar refractivity (Wildman–Crippen MR) is 106 cm³/mol. The van der Waals surface area contributed by atoms with Gasteiger partial charge in [0, 0.05) is 23.7 Å². The van der Waals surface area contributed by atoms with E-state index in [2.05, 4.69) is 26.8 Å². The zero-order valence-electron chi connectivity index (χ0n) is 17.5. The average molecular weight is 381 g/mol. The smallest absolute Gasteiger partial charge is 0.306 e. The topological polar surface area (TPSA) is 43.4 Å². The number of ketones is 1. The van der Waals surface area contributed by atoms with Crippen LogP contribution in [-0.2, 0) is 14.3 Å². The average Bonchev–Trinajstić information content (AvgIpc) is 3.24. The summed E-state index contributed by atoms with van der Waals surface area (Å²) in [6.07, 6.45) is 13.5. The van der Waals surface area contributed by atoms with E-state index in [-0.39, 0.29) is 27.8 Å². The highest BCUT2D eigenvalue weighted by molar-refractivity contribution is 5.92. The highest BCUT2D eigenvalue weighted by Gasteiger charge is 2.70. The number of hydrogen-bond donors (Lipinski definition) is 0. The first-order chi connectivity index (χ1) is 13.2. The first-order valence-electron chi connectivity index (χ1n) is 11.4. The Labute approximate surface area is 168 Å². The summed E-state index contributed by atoms with van der Waals surface area (Å²) in [6.45, 7) is 7.26. The summed E-state index contributed by atoms with van der Waals surface area (Å²) in [5, 5.41) is 0. The third-order valence-corrected chi connectivity index (χ3v) is 10.1. The zero-order valence-corrected chi connectivity index (χ0v) is 17.5. The number of carbonyl (C=O) groups excluding carboxylic acids is 2. The lowest BCUT2D eigenvalue weighted by atomic mass is 9.47. The maximum absolute atomic E-state index is 12.3. The molecule has 3 saturated carbocycles. The van der Waals surface area contributed by atoms with Crippen molar-refractivity contribution < 1.29 is 14.3 Å². The van der Waals surface area contributed by atoms with Crippen LogP contribution < -0.4 is 0 Å². The lowest BCUT2D eigenvalue weighted by Crippen LogP contribution is -2.52. The summed E-state index contributed by atoms with van der Waals surface area (Å²) in [5.74, 6) is 2.11. The molecule has 6 atom stereocenters. The van der Waals surface area contributed by atoms with E-state index in [1.165, 1.54) is 24.8 Å². The summed E-state index contributed by atoms with van der Waals surface area (Å²) in [6, 6.07) is 0. The molecule has 0 aromatic carbocycles. The number of ether oxygens (including phenoxy) is 1. The Kier molecular flexibility index (Phi) is 3.13. The lowest BCUT2D eigenvalue weighted by molar-refractivity contribution is -0.160. The third-order valence-electron chi connectivity index (χ3n) is 10.1. The van der Waals surface area contributed by atoms with E-state index >= 15 is 0 Å². The summed E-state index contributed by atoms with van der Waals surface area (Å²) in [4.78, 5) is 24.4. The van der Waals surface area contributed by atoms with Crippen LogP contribution in [-0.4, -0.2) is 17.4 Å². The normalized spacial score (nSPS) is 50.6. The summed E-state index contributed by atoms with van der Waals surface area (Å²) in [7, 11) is 0. The Balaban J connectivity index is 1.49. The summed E-state index contributed by atoms with van der Waals surface area (Å²) in [5.41, 5.74) is 3.27. The molecule has 0 amide bonds. The number of rotatable bonds is 0. The fourth-order valence-corrected chi connectivity index (χ4v) is 8.78. The van der Waals surface area contributed by atoms with Crippen LogP contribution in [0.1, 0.15) is 78.6 Å². The molecule has 0 bridgehead atoms. The van der Waals surface area contributed by atoms with Gasteiger partial charge in [0.15, 0.2) is 5.78 Å². The van der Waals surface area contributed by atoms with Crippen molar-refractivity contribution in [3.05, 3.63) is 23.3 Å². The molecule has 0 radical (unpaired) electrons. The molecule has 6 rings (SSSR count). The van der Waals surface area contributed by atoms with Crippen molar-refractivity contribution in [1.29, 1.82) is 0 Å². The molecule has 28 heavy (non-hydrogen) atoms. The van der Waals surface area contributed by atoms with Crippen LogP contribution in [0.2, 0.25) is 0 Å². The molecule has 0 aromatic rings.